The standard InChI is InChI=1S/C8H10BrClN2O2S2/c9-8-6(10)3-7(15-8)16(13,14)12-5-1-2-11-4-5/h3,5,11-12H,1-2,4H2. The highest BCUT2D eigenvalue weighted by Crippen LogP contribution is 2.34. The molecule has 90 valence electrons. The molecule has 1 atom stereocenters. The van der Waals surface area contributed by atoms with E-state index in [1.165, 1.54) is 6.07 Å². The molecular formula is C8H10BrClN2O2S2. The molecule has 4 nitrogen and oxygen atoms in total. The Labute approximate surface area is 112 Å². The number of sulfonamides is 1. The van der Waals surface area contributed by atoms with Crippen molar-refractivity contribution in [3.8, 4) is 0 Å². The lowest BCUT2D eigenvalue weighted by atomic mass is 10.3. The highest BCUT2D eigenvalue weighted by Gasteiger charge is 2.24. The van der Waals surface area contributed by atoms with Gasteiger partial charge < -0.3 is 5.32 Å². The van der Waals surface area contributed by atoms with Gasteiger partial charge in [-0.2, -0.15) is 0 Å². The maximum absolute atomic E-state index is 11.9. The first-order valence-corrected chi connectivity index (χ1v) is 8.14. The molecule has 0 aliphatic carbocycles. The topological polar surface area (TPSA) is 58.2 Å². The van der Waals surface area contributed by atoms with Crippen molar-refractivity contribution < 1.29 is 8.42 Å². The second kappa shape index (κ2) is 4.91. The van der Waals surface area contributed by atoms with Gasteiger partial charge in [0.1, 0.15) is 4.21 Å². The highest BCUT2D eigenvalue weighted by atomic mass is 79.9. The van der Waals surface area contributed by atoms with E-state index >= 15 is 0 Å². The third-order valence-electron chi connectivity index (χ3n) is 2.27. The van der Waals surface area contributed by atoms with Crippen LogP contribution in [0.25, 0.3) is 0 Å². The maximum Gasteiger partial charge on any atom is 0.250 e. The van der Waals surface area contributed by atoms with Crippen LogP contribution in [0.2, 0.25) is 5.02 Å². The molecule has 1 aromatic rings. The van der Waals surface area contributed by atoms with Crippen LogP contribution in [0.15, 0.2) is 14.1 Å². The lowest BCUT2D eigenvalue weighted by molar-refractivity contribution is 0.562. The van der Waals surface area contributed by atoms with E-state index in [4.69, 9.17) is 11.6 Å². The van der Waals surface area contributed by atoms with Gasteiger partial charge in [0.15, 0.2) is 0 Å². The molecular weight excluding hydrogens is 336 g/mol. The van der Waals surface area contributed by atoms with Crippen molar-refractivity contribution >= 4 is 48.9 Å². The molecule has 1 aliphatic heterocycles. The van der Waals surface area contributed by atoms with Crippen LogP contribution in [0, 0.1) is 0 Å². The molecule has 0 spiro atoms. The average Bonchev–Trinajstić information content (AvgIpc) is 2.78. The molecule has 0 saturated carbocycles. The fourth-order valence-corrected chi connectivity index (χ4v) is 5.18. The van der Waals surface area contributed by atoms with Crippen molar-refractivity contribution in [3.05, 3.63) is 14.9 Å². The normalized spacial score (nSPS) is 21.5. The third kappa shape index (κ3) is 2.77. The number of hydrogen-bond acceptors (Lipinski definition) is 4. The molecule has 2 rings (SSSR count). The first-order valence-electron chi connectivity index (χ1n) is 4.67. The summed E-state index contributed by atoms with van der Waals surface area (Å²) in [4.78, 5) is 0. The van der Waals surface area contributed by atoms with Crippen LogP contribution in [0.1, 0.15) is 6.42 Å². The van der Waals surface area contributed by atoms with Crippen LogP contribution < -0.4 is 10.0 Å². The lowest BCUT2D eigenvalue weighted by Gasteiger charge is -2.10. The van der Waals surface area contributed by atoms with Crippen LogP contribution >= 0.6 is 38.9 Å². The summed E-state index contributed by atoms with van der Waals surface area (Å²) in [6.45, 7) is 1.53. The number of rotatable bonds is 3. The van der Waals surface area contributed by atoms with E-state index in [0.717, 1.165) is 24.3 Å². The summed E-state index contributed by atoms with van der Waals surface area (Å²) in [7, 11) is -3.43. The van der Waals surface area contributed by atoms with Gasteiger partial charge in [-0.1, -0.05) is 11.6 Å². The summed E-state index contributed by atoms with van der Waals surface area (Å²) in [5.74, 6) is 0. The minimum Gasteiger partial charge on any atom is -0.315 e. The van der Waals surface area contributed by atoms with Gasteiger partial charge in [0.2, 0.25) is 10.0 Å². The molecule has 1 fully saturated rings. The average molecular weight is 346 g/mol. The van der Waals surface area contributed by atoms with Crippen molar-refractivity contribution in [1.29, 1.82) is 0 Å². The molecule has 0 bridgehead atoms. The number of thiophene rings is 1. The minimum absolute atomic E-state index is 0.0235. The van der Waals surface area contributed by atoms with Gasteiger partial charge in [0, 0.05) is 12.6 Å². The summed E-state index contributed by atoms with van der Waals surface area (Å²) < 4.78 is 27.4. The first-order chi connectivity index (χ1) is 7.49. The molecule has 0 amide bonds. The van der Waals surface area contributed by atoms with Crippen LogP contribution in [0.4, 0.5) is 0 Å². The van der Waals surface area contributed by atoms with Gasteiger partial charge in [-0.25, -0.2) is 13.1 Å². The molecule has 16 heavy (non-hydrogen) atoms. The molecule has 2 heterocycles. The zero-order valence-electron chi connectivity index (χ0n) is 8.16. The van der Waals surface area contributed by atoms with Crippen LogP contribution in [0.5, 0.6) is 0 Å². The molecule has 1 unspecified atom stereocenters. The van der Waals surface area contributed by atoms with Crippen molar-refractivity contribution in [1.82, 2.24) is 10.0 Å². The zero-order chi connectivity index (χ0) is 11.8. The van der Waals surface area contributed by atoms with Crippen LogP contribution in [-0.4, -0.2) is 27.5 Å². The Morgan fingerprint density at radius 3 is 2.88 bits per heavy atom. The first kappa shape index (κ1) is 12.8. The van der Waals surface area contributed by atoms with Crippen molar-refractivity contribution in [2.45, 2.75) is 16.7 Å². The quantitative estimate of drug-likeness (QED) is 0.878. The summed E-state index contributed by atoms with van der Waals surface area (Å²) >= 11 is 10.1. The summed E-state index contributed by atoms with van der Waals surface area (Å²) in [5, 5.41) is 3.53. The Morgan fingerprint density at radius 2 is 2.38 bits per heavy atom. The zero-order valence-corrected chi connectivity index (χ0v) is 12.1. The van der Waals surface area contributed by atoms with E-state index in [0.29, 0.717) is 15.4 Å². The minimum atomic E-state index is -3.43. The van der Waals surface area contributed by atoms with Gasteiger partial charge in [-0.3, -0.25) is 0 Å². The van der Waals surface area contributed by atoms with Crippen LogP contribution in [-0.2, 0) is 10.0 Å². The Morgan fingerprint density at radius 1 is 1.62 bits per heavy atom. The van der Waals surface area contributed by atoms with Crippen molar-refractivity contribution in [3.63, 3.8) is 0 Å². The maximum atomic E-state index is 11.9. The molecule has 1 aliphatic rings. The molecule has 1 aromatic heterocycles. The van der Waals surface area contributed by atoms with Gasteiger partial charge >= 0.3 is 0 Å². The number of halogens is 2. The van der Waals surface area contributed by atoms with Gasteiger partial charge in [-0.15, -0.1) is 11.3 Å². The highest BCUT2D eigenvalue weighted by molar-refractivity contribution is 9.11. The molecule has 1 saturated heterocycles. The van der Waals surface area contributed by atoms with Crippen LogP contribution in [0.3, 0.4) is 0 Å². The van der Waals surface area contributed by atoms with Gasteiger partial charge in [0.25, 0.3) is 0 Å². The van der Waals surface area contributed by atoms with E-state index < -0.39 is 10.0 Å². The SMILES string of the molecule is O=S(=O)(NC1CCNC1)c1cc(Cl)c(Br)s1. The number of nitrogens with one attached hydrogen (secondary N) is 2. The predicted molar refractivity (Wildman–Crippen MR) is 68.6 cm³/mol. The Bertz CT molecular complexity index is 463. The molecule has 0 aromatic carbocycles. The largest absolute Gasteiger partial charge is 0.315 e. The van der Waals surface area contributed by atoms with E-state index in [1.54, 1.807) is 0 Å². The van der Waals surface area contributed by atoms with Gasteiger partial charge in [0.05, 0.1) is 8.81 Å². The smallest absolute Gasteiger partial charge is 0.250 e. The summed E-state index contributed by atoms with van der Waals surface area (Å²) in [5.41, 5.74) is 0. The molecule has 8 heteroatoms. The Kier molecular flexibility index (Phi) is 3.93. The van der Waals surface area contributed by atoms with E-state index in [-0.39, 0.29) is 10.3 Å². The van der Waals surface area contributed by atoms with E-state index in [1.807, 2.05) is 0 Å². The predicted octanol–water partition coefficient (Wildman–Crippen LogP) is 1.80. The Balaban J connectivity index is 2.18. The summed E-state index contributed by atoms with van der Waals surface area (Å²) in [6.07, 6.45) is 0.819. The Hall–Kier alpha value is 0.340. The van der Waals surface area contributed by atoms with Crippen molar-refractivity contribution in [2.75, 3.05) is 13.1 Å². The van der Waals surface area contributed by atoms with Crippen molar-refractivity contribution in [2.24, 2.45) is 0 Å². The number of hydrogen-bond donors (Lipinski definition) is 2. The lowest BCUT2D eigenvalue weighted by Crippen LogP contribution is -2.35. The molecule has 2 N–H and O–H groups in total. The van der Waals surface area contributed by atoms with E-state index in [2.05, 4.69) is 26.0 Å². The fourth-order valence-electron chi connectivity index (χ4n) is 1.49. The van der Waals surface area contributed by atoms with E-state index in [9.17, 15) is 8.42 Å². The third-order valence-corrected chi connectivity index (χ3v) is 6.74. The second-order valence-electron chi connectivity index (χ2n) is 3.50. The monoisotopic (exact) mass is 344 g/mol. The fraction of sp³-hybridized carbons (Fsp3) is 0.500. The van der Waals surface area contributed by atoms with Gasteiger partial charge in [-0.05, 0) is 35.0 Å². The second-order valence-corrected chi connectivity index (χ2v) is 8.22. The molecule has 0 radical (unpaired) electrons. The summed E-state index contributed by atoms with van der Waals surface area (Å²) in [6, 6.07) is 1.44.